The van der Waals surface area contributed by atoms with Crippen LogP contribution in [0.15, 0.2) is 36.4 Å². The van der Waals surface area contributed by atoms with Crippen molar-refractivity contribution in [2.75, 3.05) is 5.32 Å². The van der Waals surface area contributed by atoms with Gasteiger partial charge in [0.15, 0.2) is 0 Å². The second-order valence-corrected chi connectivity index (χ2v) is 4.67. The number of anilines is 1. The third-order valence-corrected chi connectivity index (χ3v) is 3.08. The van der Waals surface area contributed by atoms with Crippen LogP contribution in [0.2, 0.25) is 5.02 Å². The summed E-state index contributed by atoms with van der Waals surface area (Å²) in [5, 5.41) is 12.6. The number of aryl methyl sites for hydroxylation is 1. The predicted molar refractivity (Wildman–Crippen MR) is 74.6 cm³/mol. The van der Waals surface area contributed by atoms with E-state index < -0.39 is 0 Å². The number of benzene rings is 2. The molecule has 2 rings (SSSR count). The Kier molecular flexibility index (Phi) is 4.03. The first-order valence-corrected chi connectivity index (χ1v) is 6.16. The second kappa shape index (κ2) is 5.73. The van der Waals surface area contributed by atoms with Gasteiger partial charge in [-0.1, -0.05) is 17.7 Å². The van der Waals surface area contributed by atoms with Crippen molar-refractivity contribution in [3.05, 3.63) is 63.9 Å². The number of nitrogens with zero attached hydrogens (tertiary/aromatic N) is 1. The molecule has 19 heavy (non-hydrogen) atoms. The highest BCUT2D eigenvalue weighted by atomic mass is 35.5. The van der Waals surface area contributed by atoms with Crippen molar-refractivity contribution in [1.82, 2.24) is 0 Å². The van der Waals surface area contributed by atoms with Gasteiger partial charge in [-0.25, -0.2) is 4.39 Å². The molecule has 0 aliphatic heterocycles. The number of hydrogen-bond acceptors (Lipinski definition) is 2. The number of nitriles is 1. The number of hydrogen-bond donors (Lipinski definition) is 1. The molecule has 2 aromatic carbocycles. The van der Waals surface area contributed by atoms with Crippen molar-refractivity contribution in [1.29, 1.82) is 5.26 Å². The molecule has 0 atom stereocenters. The van der Waals surface area contributed by atoms with Crippen molar-refractivity contribution in [2.45, 2.75) is 13.5 Å². The summed E-state index contributed by atoms with van der Waals surface area (Å²) in [7, 11) is 0. The van der Waals surface area contributed by atoms with E-state index in [1.54, 1.807) is 18.2 Å². The lowest BCUT2D eigenvalue weighted by molar-refractivity contribution is 0.612. The molecule has 2 nitrogen and oxygen atoms in total. The van der Waals surface area contributed by atoms with Crippen molar-refractivity contribution in [2.24, 2.45) is 0 Å². The van der Waals surface area contributed by atoms with Gasteiger partial charge in [0.05, 0.1) is 11.6 Å². The maximum absolute atomic E-state index is 13.6. The molecule has 0 aromatic heterocycles. The first-order chi connectivity index (χ1) is 9.10. The summed E-state index contributed by atoms with van der Waals surface area (Å²) in [5.41, 5.74) is 2.79. The molecule has 0 aliphatic rings. The van der Waals surface area contributed by atoms with E-state index in [1.165, 1.54) is 12.1 Å². The molecule has 2 aromatic rings. The Morgan fingerprint density at radius 2 is 2.05 bits per heavy atom. The molecule has 0 fully saturated rings. The van der Waals surface area contributed by atoms with E-state index in [1.807, 2.05) is 19.1 Å². The van der Waals surface area contributed by atoms with Gasteiger partial charge in [-0.15, -0.1) is 0 Å². The fraction of sp³-hybridized carbons (Fsp3) is 0.133. The van der Waals surface area contributed by atoms with Crippen LogP contribution >= 0.6 is 11.6 Å². The van der Waals surface area contributed by atoms with E-state index in [9.17, 15) is 4.39 Å². The summed E-state index contributed by atoms with van der Waals surface area (Å²) in [4.78, 5) is 0. The van der Waals surface area contributed by atoms with E-state index in [0.29, 0.717) is 22.7 Å². The quantitative estimate of drug-likeness (QED) is 0.907. The lowest BCUT2D eigenvalue weighted by Gasteiger charge is -2.10. The van der Waals surface area contributed by atoms with Crippen LogP contribution in [0, 0.1) is 24.1 Å². The average molecular weight is 275 g/mol. The SMILES string of the molecule is Cc1ccc(Cl)cc1NCc1cc(C#N)ccc1F. The molecule has 4 heteroatoms. The minimum Gasteiger partial charge on any atom is -0.381 e. The molecule has 1 N–H and O–H groups in total. The Balaban J connectivity index is 2.19. The lowest BCUT2D eigenvalue weighted by atomic mass is 10.1. The molecule has 0 saturated heterocycles. The van der Waals surface area contributed by atoms with Crippen LogP contribution in [0.4, 0.5) is 10.1 Å². The zero-order valence-corrected chi connectivity index (χ0v) is 11.1. The Morgan fingerprint density at radius 1 is 1.26 bits per heavy atom. The van der Waals surface area contributed by atoms with Crippen LogP contribution in [0.25, 0.3) is 0 Å². The van der Waals surface area contributed by atoms with Gasteiger partial charge in [0.25, 0.3) is 0 Å². The van der Waals surface area contributed by atoms with Crippen LogP contribution in [0.1, 0.15) is 16.7 Å². The van der Waals surface area contributed by atoms with Crippen molar-refractivity contribution in [3.8, 4) is 6.07 Å². The summed E-state index contributed by atoms with van der Waals surface area (Å²) in [6, 6.07) is 11.8. The second-order valence-electron chi connectivity index (χ2n) is 4.23. The van der Waals surface area contributed by atoms with Gasteiger partial charge in [0, 0.05) is 22.8 Å². The molecule has 0 bridgehead atoms. The summed E-state index contributed by atoms with van der Waals surface area (Å²) >= 11 is 5.92. The lowest BCUT2D eigenvalue weighted by Crippen LogP contribution is -2.03. The van der Waals surface area contributed by atoms with Gasteiger partial charge in [0.2, 0.25) is 0 Å². The Bertz CT molecular complexity index is 647. The third-order valence-electron chi connectivity index (χ3n) is 2.84. The van der Waals surface area contributed by atoms with Crippen LogP contribution < -0.4 is 5.32 Å². The Morgan fingerprint density at radius 3 is 2.79 bits per heavy atom. The highest BCUT2D eigenvalue weighted by Crippen LogP contribution is 2.21. The van der Waals surface area contributed by atoms with Gasteiger partial charge >= 0.3 is 0 Å². The van der Waals surface area contributed by atoms with Crippen molar-refractivity contribution in [3.63, 3.8) is 0 Å². The van der Waals surface area contributed by atoms with Crippen LogP contribution in [0.3, 0.4) is 0 Å². The summed E-state index contributed by atoms with van der Waals surface area (Å²) in [6.07, 6.45) is 0. The highest BCUT2D eigenvalue weighted by Gasteiger charge is 2.05. The molecule has 0 saturated carbocycles. The van der Waals surface area contributed by atoms with Crippen molar-refractivity contribution < 1.29 is 4.39 Å². The topological polar surface area (TPSA) is 35.8 Å². The molecular formula is C15H12ClFN2. The van der Waals surface area contributed by atoms with E-state index in [4.69, 9.17) is 16.9 Å². The van der Waals surface area contributed by atoms with E-state index in [0.717, 1.165) is 11.3 Å². The summed E-state index contributed by atoms with van der Waals surface area (Å²) in [5.74, 6) is -0.328. The zero-order valence-electron chi connectivity index (χ0n) is 10.4. The first-order valence-electron chi connectivity index (χ1n) is 5.78. The average Bonchev–Trinajstić information content (AvgIpc) is 2.41. The van der Waals surface area contributed by atoms with Crippen LogP contribution in [-0.2, 0) is 6.54 Å². The number of nitrogens with one attached hydrogen (secondary N) is 1. The fourth-order valence-corrected chi connectivity index (χ4v) is 1.93. The maximum Gasteiger partial charge on any atom is 0.128 e. The number of rotatable bonds is 3. The van der Waals surface area contributed by atoms with E-state index in [2.05, 4.69) is 5.32 Å². The normalized spacial score (nSPS) is 10.0. The maximum atomic E-state index is 13.6. The molecule has 0 unspecified atom stereocenters. The largest absolute Gasteiger partial charge is 0.381 e. The minimum absolute atomic E-state index is 0.308. The number of halogens is 2. The highest BCUT2D eigenvalue weighted by molar-refractivity contribution is 6.30. The Hall–Kier alpha value is -2.05. The first kappa shape index (κ1) is 13.4. The fourth-order valence-electron chi connectivity index (χ4n) is 1.75. The van der Waals surface area contributed by atoms with Gasteiger partial charge in [-0.05, 0) is 42.8 Å². The van der Waals surface area contributed by atoms with Gasteiger partial charge < -0.3 is 5.32 Å². The molecule has 96 valence electrons. The summed E-state index contributed by atoms with van der Waals surface area (Å²) < 4.78 is 13.6. The van der Waals surface area contributed by atoms with Crippen LogP contribution in [0.5, 0.6) is 0 Å². The standard InChI is InChI=1S/C15H12ClFN2/c1-10-2-4-13(16)7-15(10)19-9-12-6-11(8-18)3-5-14(12)17/h2-7,19H,9H2,1H3. The summed E-state index contributed by atoms with van der Waals surface area (Å²) in [6.45, 7) is 2.25. The van der Waals surface area contributed by atoms with Crippen molar-refractivity contribution >= 4 is 17.3 Å². The predicted octanol–water partition coefficient (Wildman–Crippen LogP) is 4.27. The molecular weight excluding hydrogens is 263 g/mol. The van der Waals surface area contributed by atoms with Crippen LogP contribution in [-0.4, -0.2) is 0 Å². The molecule has 0 heterocycles. The smallest absolute Gasteiger partial charge is 0.128 e. The van der Waals surface area contributed by atoms with E-state index >= 15 is 0 Å². The molecule has 0 spiro atoms. The molecule has 0 aliphatic carbocycles. The zero-order chi connectivity index (χ0) is 13.8. The third kappa shape index (κ3) is 3.24. The minimum atomic E-state index is -0.328. The van der Waals surface area contributed by atoms with Gasteiger partial charge in [-0.2, -0.15) is 5.26 Å². The Labute approximate surface area is 116 Å². The van der Waals surface area contributed by atoms with Gasteiger partial charge in [-0.3, -0.25) is 0 Å². The van der Waals surface area contributed by atoms with E-state index in [-0.39, 0.29) is 5.82 Å². The molecule has 0 radical (unpaired) electrons. The molecule has 0 amide bonds. The van der Waals surface area contributed by atoms with Gasteiger partial charge in [0.1, 0.15) is 5.82 Å². The monoisotopic (exact) mass is 274 g/mol.